The highest BCUT2D eigenvalue weighted by atomic mass is 32.1. The maximum atomic E-state index is 14.3. The first kappa shape index (κ1) is 20.4. The van der Waals surface area contributed by atoms with E-state index >= 15 is 0 Å². The third kappa shape index (κ3) is 4.37. The van der Waals surface area contributed by atoms with Crippen LogP contribution in [0, 0.1) is 11.7 Å². The van der Waals surface area contributed by atoms with E-state index in [0.29, 0.717) is 25.1 Å². The van der Waals surface area contributed by atoms with Crippen molar-refractivity contribution in [3.8, 4) is 0 Å². The molecule has 0 radical (unpaired) electrons. The van der Waals surface area contributed by atoms with E-state index in [4.69, 9.17) is 0 Å². The predicted octanol–water partition coefficient (Wildman–Crippen LogP) is 3.66. The van der Waals surface area contributed by atoms with E-state index in [1.807, 2.05) is 17.5 Å². The molecule has 2 aromatic rings. The van der Waals surface area contributed by atoms with Crippen molar-refractivity contribution in [1.82, 2.24) is 15.2 Å². The van der Waals surface area contributed by atoms with Gasteiger partial charge < -0.3 is 10.4 Å². The molecule has 1 aliphatic carbocycles. The number of hydrogen-bond acceptors (Lipinski definition) is 5. The minimum Gasteiger partial charge on any atom is -0.388 e. The van der Waals surface area contributed by atoms with Crippen LogP contribution in [0.5, 0.6) is 0 Å². The minimum absolute atomic E-state index is 0.0304. The number of aromatic nitrogens is 1. The van der Waals surface area contributed by atoms with Gasteiger partial charge in [-0.1, -0.05) is 18.9 Å². The van der Waals surface area contributed by atoms with Crippen LogP contribution in [0.4, 0.5) is 4.39 Å². The minimum atomic E-state index is -1.03. The summed E-state index contributed by atoms with van der Waals surface area (Å²) in [6, 6.07) is 5.04. The zero-order chi connectivity index (χ0) is 20.4. The van der Waals surface area contributed by atoms with Gasteiger partial charge in [-0.05, 0) is 43.7 Å². The van der Waals surface area contributed by atoms with Gasteiger partial charge in [-0.2, -0.15) is 0 Å². The van der Waals surface area contributed by atoms with E-state index in [9.17, 15) is 14.3 Å². The fourth-order valence-corrected chi connectivity index (χ4v) is 5.54. The predicted molar refractivity (Wildman–Crippen MR) is 111 cm³/mol. The van der Waals surface area contributed by atoms with Crippen LogP contribution in [-0.2, 0) is 11.3 Å². The van der Waals surface area contributed by atoms with E-state index in [-0.39, 0.29) is 23.7 Å². The average Bonchev–Trinajstić information content (AvgIpc) is 3.40. The number of amides is 1. The molecule has 1 saturated carbocycles. The molecule has 29 heavy (non-hydrogen) atoms. The Morgan fingerprint density at radius 3 is 2.90 bits per heavy atom. The Morgan fingerprint density at radius 2 is 2.21 bits per heavy atom. The second kappa shape index (κ2) is 8.50. The van der Waals surface area contributed by atoms with Crippen LogP contribution in [-0.4, -0.2) is 39.1 Å². The summed E-state index contributed by atoms with van der Waals surface area (Å²) in [7, 11) is 0. The molecule has 3 heterocycles. The maximum absolute atomic E-state index is 14.3. The van der Waals surface area contributed by atoms with Crippen LogP contribution in [0.2, 0.25) is 0 Å². The molecule has 7 heteroatoms. The zero-order valence-electron chi connectivity index (χ0n) is 16.7. The first-order valence-electron chi connectivity index (χ1n) is 10.3. The molecule has 0 spiro atoms. The number of nitrogens with zero attached hydrogens (tertiary/aromatic N) is 2. The first-order chi connectivity index (χ1) is 14.0. The van der Waals surface area contributed by atoms with E-state index in [1.54, 1.807) is 30.5 Å². The lowest BCUT2D eigenvalue weighted by Gasteiger charge is -2.49. The van der Waals surface area contributed by atoms with Gasteiger partial charge in [0.15, 0.2) is 0 Å². The fourth-order valence-electron chi connectivity index (χ4n) is 4.64. The summed E-state index contributed by atoms with van der Waals surface area (Å²) in [6.07, 6.45) is 7.33. The SMILES string of the molecule is CC1(O)CCN(Cc2ccncc2F)C(c2cccs2)C1NC(=O)C1CCCC1. The van der Waals surface area contributed by atoms with Gasteiger partial charge in [-0.25, -0.2) is 4.39 Å². The fraction of sp³-hybridized carbons (Fsp3) is 0.545. The number of piperidine rings is 1. The summed E-state index contributed by atoms with van der Waals surface area (Å²) in [5, 5.41) is 16.4. The molecule has 2 aromatic heterocycles. The van der Waals surface area contributed by atoms with Crippen LogP contribution in [0.3, 0.4) is 0 Å². The summed E-state index contributed by atoms with van der Waals surface area (Å²) < 4.78 is 14.3. The van der Waals surface area contributed by atoms with Gasteiger partial charge >= 0.3 is 0 Å². The van der Waals surface area contributed by atoms with Crippen molar-refractivity contribution in [2.45, 2.75) is 63.3 Å². The highest BCUT2D eigenvalue weighted by Crippen LogP contribution is 2.40. The molecule has 3 unspecified atom stereocenters. The van der Waals surface area contributed by atoms with Crippen molar-refractivity contribution >= 4 is 17.2 Å². The summed E-state index contributed by atoms with van der Waals surface area (Å²) in [5.41, 5.74) is -0.458. The smallest absolute Gasteiger partial charge is 0.223 e. The molecule has 0 aromatic carbocycles. The molecular weight excluding hydrogens is 389 g/mol. The molecule has 1 amide bonds. The molecule has 5 nitrogen and oxygen atoms in total. The number of carbonyl (C=O) groups excluding carboxylic acids is 1. The Kier molecular flexibility index (Phi) is 5.99. The number of nitrogens with one attached hydrogen (secondary N) is 1. The van der Waals surface area contributed by atoms with Gasteiger partial charge in [0.05, 0.1) is 23.9 Å². The summed E-state index contributed by atoms with van der Waals surface area (Å²) in [6.45, 7) is 2.83. The number of pyridine rings is 1. The summed E-state index contributed by atoms with van der Waals surface area (Å²) in [5.74, 6) is -0.268. The number of rotatable bonds is 5. The van der Waals surface area contributed by atoms with Gasteiger partial charge in [-0.15, -0.1) is 11.3 Å². The van der Waals surface area contributed by atoms with Crippen LogP contribution in [0.1, 0.15) is 55.5 Å². The van der Waals surface area contributed by atoms with Gasteiger partial charge in [0.25, 0.3) is 0 Å². The van der Waals surface area contributed by atoms with Crippen LogP contribution in [0.15, 0.2) is 36.0 Å². The number of hydrogen-bond donors (Lipinski definition) is 2. The monoisotopic (exact) mass is 417 g/mol. The van der Waals surface area contributed by atoms with Crippen LogP contribution >= 0.6 is 11.3 Å². The quantitative estimate of drug-likeness (QED) is 0.779. The van der Waals surface area contributed by atoms with Crippen molar-refractivity contribution in [2.75, 3.05) is 6.54 Å². The Bertz CT molecular complexity index is 836. The molecular formula is C22H28FN3O2S. The highest BCUT2D eigenvalue weighted by Gasteiger charge is 2.47. The summed E-state index contributed by atoms with van der Waals surface area (Å²) in [4.78, 5) is 20.0. The van der Waals surface area contributed by atoms with E-state index in [0.717, 1.165) is 30.6 Å². The Labute approximate surface area is 175 Å². The lowest BCUT2D eigenvalue weighted by Crippen LogP contribution is -2.62. The number of thiophene rings is 1. The lowest BCUT2D eigenvalue weighted by molar-refractivity contribution is -0.132. The molecule has 2 aliphatic rings. The highest BCUT2D eigenvalue weighted by molar-refractivity contribution is 7.10. The van der Waals surface area contributed by atoms with Gasteiger partial charge in [-0.3, -0.25) is 14.7 Å². The second-order valence-electron chi connectivity index (χ2n) is 8.47. The lowest BCUT2D eigenvalue weighted by atomic mass is 9.81. The molecule has 0 bridgehead atoms. The summed E-state index contributed by atoms with van der Waals surface area (Å²) >= 11 is 1.60. The molecule has 1 aliphatic heterocycles. The zero-order valence-corrected chi connectivity index (χ0v) is 17.5. The van der Waals surface area contributed by atoms with E-state index < -0.39 is 11.6 Å². The number of likely N-dealkylation sites (tertiary alicyclic amines) is 1. The molecule has 1 saturated heterocycles. The van der Waals surface area contributed by atoms with Crippen molar-refractivity contribution in [3.63, 3.8) is 0 Å². The van der Waals surface area contributed by atoms with Gasteiger partial charge in [0, 0.05) is 35.6 Å². The van der Waals surface area contributed by atoms with E-state index in [1.165, 1.54) is 6.20 Å². The van der Waals surface area contributed by atoms with E-state index in [2.05, 4.69) is 15.2 Å². The van der Waals surface area contributed by atoms with Crippen molar-refractivity contribution < 1.29 is 14.3 Å². The number of aliphatic hydroxyl groups is 1. The largest absolute Gasteiger partial charge is 0.388 e. The third-order valence-electron chi connectivity index (χ3n) is 6.37. The average molecular weight is 418 g/mol. The van der Waals surface area contributed by atoms with Crippen molar-refractivity contribution in [3.05, 3.63) is 52.2 Å². The Hall–Kier alpha value is -1.83. The normalized spacial score (nSPS) is 28.5. The van der Waals surface area contributed by atoms with Crippen LogP contribution < -0.4 is 5.32 Å². The molecule has 3 atom stereocenters. The molecule has 4 rings (SSSR count). The topological polar surface area (TPSA) is 65.5 Å². The van der Waals surface area contributed by atoms with Crippen molar-refractivity contribution in [2.24, 2.45) is 5.92 Å². The second-order valence-corrected chi connectivity index (χ2v) is 9.45. The van der Waals surface area contributed by atoms with Crippen LogP contribution in [0.25, 0.3) is 0 Å². The Morgan fingerprint density at radius 1 is 1.41 bits per heavy atom. The maximum Gasteiger partial charge on any atom is 0.223 e. The van der Waals surface area contributed by atoms with Crippen molar-refractivity contribution in [1.29, 1.82) is 0 Å². The molecule has 2 N–H and O–H groups in total. The Balaban J connectivity index is 1.63. The van der Waals surface area contributed by atoms with Gasteiger partial charge in [0.2, 0.25) is 5.91 Å². The number of carbonyl (C=O) groups is 1. The number of halogens is 1. The molecule has 156 valence electrons. The van der Waals surface area contributed by atoms with Gasteiger partial charge in [0.1, 0.15) is 5.82 Å². The third-order valence-corrected chi connectivity index (χ3v) is 7.32. The first-order valence-corrected chi connectivity index (χ1v) is 11.2. The molecule has 2 fully saturated rings. The standard InChI is InChI=1S/C22H28FN3O2S/c1-22(28)9-11-26(14-16-8-10-24-13-17(16)23)19(18-7-4-12-29-18)20(22)25-21(27)15-5-2-3-6-15/h4,7-8,10,12-13,15,19-20,28H,2-3,5-6,9,11,14H2,1H3,(H,25,27).